The van der Waals surface area contributed by atoms with E-state index < -0.39 is 0 Å². The highest BCUT2D eigenvalue weighted by atomic mass is 32.1. The van der Waals surface area contributed by atoms with Gasteiger partial charge in [-0.1, -0.05) is 0 Å². The van der Waals surface area contributed by atoms with Crippen LogP contribution in [0.2, 0.25) is 0 Å². The van der Waals surface area contributed by atoms with Gasteiger partial charge in [0.2, 0.25) is 0 Å². The number of thiophene rings is 1. The molecular formula is C14H19NO2S. The average molecular weight is 265 g/mol. The van der Waals surface area contributed by atoms with Crippen molar-refractivity contribution in [2.45, 2.75) is 32.3 Å². The minimum absolute atomic E-state index is 0.181. The van der Waals surface area contributed by atoms with E-state index in [9.17, 15) is 4.79 Å². The van der Waals surface area contributed by atoms with Crippen LogP contribution in [-0.2, 0) is 4.74 Å². The zero-order valence-electron chi connectivity index (χ0n) is 10.7. The van der Waals surface area contributed by atoms with Crippen LogP contribution in [0.25, 0.3) is 0 Å². The Labute approximate surface area is 112 Å². The minimum atomic E-state index is 0.181. The summed E-state index contributed by atoms with van der Waals surface area (Å²) in [6, 6.07) is 2.01. The Balaban J connectivity index is 1.54. The van der Waals surface area contributed by atoms with Crippen molar-refractivity contribution < 1.29 is 9.53 Å². The van der Waals surface area contributed by atoms with Gasteiger partial charge in [-0.05, 0) is 49.1 Å². The van der Waals surface area contributed by atoms with E-state index in [2.05, 4.69) is 0 Å². The third kappa shape index (κ3) is 2.59. The molecule has 0 bridgehead atoms. The first-order valence-corrected chi connectivity index (χ1v) is 7.57. The largest absolute Gasteiger partial charge is 0.376 e. The predicted octanol–water partition coefficient (Wildman–Crippen LogP) is 2.70. The Kier molecular flexibility index (Phi) is 3.39. The number of rotatable bonds is 4. The molecule has 2 heterocycles. The molecule has 98 valence electrons. The van der Waals surface area contributed by atoms with Gasteiger partial charge >= 0.3 is 0 Å². The van der Waals surface area contributed by atoms with E-state index in [1.807, 2.05) is 23.3 Å². The van der Waals surface area contributed by atoms with E-state index in [-0.39, 0.29) is 12.0 Å². The first-order chi connectivity index (χ1) is 8.74. The second kappa shape index (κ2) is 5.02. The first kappa shape index (κ1) is 12.2. The number of carbonyl (C=O) groups excluding carboxylic acids is 1. The van der Waals surface area contributed by atoms with Gasteiger partial charge in [-0.15, -0.1) is 11.3 Å². The first-order valence-electron chi connectivity index (χ1n) is 6.69. The standard InChI is InChI=1S/C14H19NO2S/c1-10-5-7-18-13(10)14(16)15-6-4-12(8-15)17-9-11-2-3-11/h5,7,11-12H,2-4,6,8-9H2,1H3. The van der Waals surface area contributed by atoms with Crippen LogP contribution in [0, 0.1) is 12.8 Å². The normalized spacial score (nSPS) is 23.6. The SMILES string of the molecule is Cc1ccsc1C(=O)N1CCC(OCC2CC2)C1. The van der Waals surface area contributed by atoms with Crippen molar-refractivity contribution in [1.29, 1.82) is 0 Å². The van der Waals surface area contributed by atoms with Gasteiger partial charge in [0.1, 0.15) is 0 Å². The number of hydrogen-bond acceptors (Lipinski definition) is 3. The summed E-state index contributed by atoms with van der Waals surface area (Å²) in [7, 11) is 0. The summed E-state index contributed by atoms with van der Waals surface area (Å²) < 4.78 is 5.86. The van der Waals surface area contributed by atoms with Crippen LogP contribution in [0.15, 0.2) is 11.4 Å². The van der Waals surface area contributed by atoms with Gasteiger partial charge in [-0.2, -0.15) is 0 Å². The summed E-state index contributed by atoms with van der Waals surface area (Å²) in [5.41, 5.74) is 1.09. The lowest BCUT2D eigenvalue weighted by Crippen LogP contribution is -2.30. The molecule has 3 nitrogen and oxygen atoms in total. The number of hydrogen-bond donors (Lipinski definition) is 0. The van der Waals surface area contributed by atoms with Crippen LogP contribution in [0.3, 0.4) is 0 Å². The Morgan fingerprint density at radius 3 is 3.00 bits per heavy atom. The Morgan fingerprint density at radius 2 is 2.33 bits per heavy atom. The number of ether oxygens (including phenoxy) is 1. The molecule has 1 saturated heterocycles. The number of carbonyl (C=O) groups is 1. The zero-order chi connectivity index (χ0) is 12.5. The van der Waals surface area contributed by atoms with Crippen molar-refractivity contribution in [1.82, 2.24) is 4.90 Å². The highest BCUT2D eigenvalue weighted by Crippen LogP contribution is 2.30. The second-order valence-corrected chi connectivity index (χ2v) is 6.29. The molecule has 1 aromatic heterocycles. The lowest BCUT2D eigenvalue weighted by Gasteiger charge is -2.16. The van der Waals surface area contributed by atoms with E-state index in [0.717, 1.165) is 42.5 Å². The van der Waals surface area contributed by atoms with Gasteiger partial charge in [0.15, 0.2) is 0 Å². The zero-order valence-corrected chi connectivity index (χ0v) is 11.5. The van der Waals surface area contributed by atoms with Crippen molar-refractivity contribution in [2.75, 3.05) is 19.7 Å². The molecule has 0 N–H and O–H groups in total. The molecule has 18 heavy (non-hydrogen) atoms. The smallest absolute Gasteiger partial charge is 0.264 e. The maximum absolute atomic E-state index is 12.3. The summed E-state index contributed by atoms with van der Waals surface area (Å²) in [6.45, 7) is 4.50. The third-order valence-electron chi connectivity index (χ3n) is 3.75. The van der Waals surface area contributed by atoms with Crippen LogP contribution < -0.4 is 0 Å². The molecule has 1 aromatic rings. The summed E-state index contributed by atoms with van der Waals surface area (Å²) in [5.74, 6) is 0.981. The minimum Gasteiger partial charge on any atom is -0.376 e. The van der Waals surface area contributed by atoms with Gasteiger partial charge < -0.3 is 9.64 Å². The molecule has 1 amide bonds. The van der Waals surface area contributed by atoms with Crippen LogP contribution in [0.1, 0.15) is 34.5 Å². The average Bonchev–Trinajstić information content (AvgIpc) is 2.90. The third-order valence-corrected chi connectivity index (χ3v) is 4.76. The molecule has 1 saturated carbocycles. The number of nitrogens with zero attached hydrogens (tertiary/aromatic N) is 1. The topological polar surface area (TPSA) is 29.5 Å². The highest BCUT2D eigenvalue weighted by Gasteiger charge is 2.30. The Morgan fingerprint density at radius 1 is 1.50 bits per heavy atom. The van der Waals surface area contributed by atoms with E-state index >= 15 is 0 Å². The monoisotopic (exact) mass is 265 g/mol. The van der Waals surface area contributed by atoms with Crippen molar-refractivity contribution in [2.24, 2.45) is 5.92 Å². The van der Waals surface area contributed by atoms with Gasteiger partial charge in [-0.25, -0.2) is 0 Å². The fraction of sp³-hybridized carbons (Fsp3) is 0.643. The van der Waals surface area contributed by atoms with E-state index in [4.69, 9.17) is 4.74 Å². The van der Waals surface area contributed by atoms with Gasteiger partial charge in [0.05, 0.1) is 11.0 Å². The molecule has 1 aliphatic carbocycles. The van der Waals surface area contributed by atoms with Crippen LogP contribution >= 0.6 is 11.3 Å². The molecule has 2 fully saturated rings. The van der Waals surface area contributed by atoms with Crippen molar-refractivity contribution in [3.63, 3.8) is 0 Å². The molecule has 4 heteroatoms. The molecule has 0 radical (unpaired) electrons. The molecular weight excluding hydrogens is 246 g/mol. The van der Waals surface area contributed by atoms with E-state index in [0.29, 0.717) is 0 Å². The summed E-state index contributed by atoms with van der Waals surface area (Å²) >= 11 is 1.54. The van der Waals surface area contributed by atoms with Crippen molar-refractivity contribution >= 4 is 17.2 Å². The number of likely N-dealkylation sites (tertiary alicyclic amines) is 1. The molecule has 0 aromatic carbocycles. The lowest BCUT2D eigenvalue weighted by molar-refractivity contribution is 0.0481. The van der Waals surface area contributed by atoms with Gasteiger partial charge in [0.25, 0.3) is 5.91 Å². The van der Waals surface area contributed by atoms with Gasteiger partial charge in [0, 0.05) is 19.7 Å². The molecule has 1 unspecified atom stereocenters. The molecule has 1 atom stereocenters. The molecule has 3 rings (SSSR count). The Bertz CT molecular complexity index is 439. The fourth-order valence-electron chi connectivity index (χ4n) is 2.34. The highest BCUT2D eigenvalue weighted by molar-refractivity contribution is 7.12. The lowest BCUT2D eigenvalue weighted by atomic mass is 10.3. The van der Waals surface area contributed by atoms with Crippen LogP contribution in [0.5, 0.6) is 0 Å². The van der Waals surface area contributed by atoms with Crippen molar-refractivity contribution in [3.05, 3.63) is 21.9 Å². The summed E-state index contributed by atoms with van der Waals surface area (Å²) in [5, 5.41) is 1.99. The molecule has 2 aliphatic rings. The number of amides is 1. The number of aryl methyl sites for hydroxylation is 1. The summed E-state index contributed by atoms with van der Waals surface area (Å²) in [6.07, 6.45) is 3.89. The Hall–Kier alpha value is -0.870. The maximum atomic E-state index is 12.3. The van der Waals surface area contributed by atoms with E-state index in [1.54, 1.807) is 11.3 Å². The quantitative estimate of drug-likeness (QED) is 0.837. The second-order valence-electron chi connectivity index (χ2n) is 5.37. The predicted molar refractivity (Wildman–Crippen MR) is 72.0 cm³/mol. The molecule has 0 spiro atoms. The van der Waals surface area contributed by atoms with E-state index in [1.165, 1.54) is 12.8 Å². The fourth-order valence-corrected chi connectivity index (χ4v) is 3.23. The molecule has 1 aliphatic heterocycles. The van der Waals surface area contributed by atoms with Crippen molar-refractivity contribution in [3.8, 4) is 0 Å². The van der Waals surface area contributed by atoms with Crippen LogP contribution in [0.4, 0.5) is 0 Å². The summed E-state index contributed by atoms with van der Waals surface area (Å²) in [4.78, 5) is 15.1. The maximum Gasteiger partial charge on any atom is 0.264 e. The van der Waals surface area contributed by atoms with Gasteiger partial charge in [-0.3, -0.25) is 4.79 Å². The van der Waals surface area contributed by atoms with Crippen LogP contribution in [-0.4, -0.2) is 36.6 Å².